The molecule has 0 bridgehead atoms. The van der Waals surface area contributed by atoms with Gasteiger partial charge in [-0.15, -0.1) is 0 Å². The molecule has 106 valence electrons. The predicted octanol–water partition coefficient (Wildman–Crippen LogP) is 3.77. The van der Waals surface area contributed by atoms with Crippen molar-refractivity contribution < 1.29 is 18.3 Å². The molecule has 0 spiro atoms. The number of aryl methyl sites for hydroxylation is 2. The number of rotatable bonds is 6. The molecule has 4 heteroatoms. The predicted molar refractivity (Wildman–Crippen MR) is 71.2 cm³/mol. The molecule has 0 heterocycles. The summed E-state index contributed by atoms with van der Waals surface area (Å²) in [5.74, 6) is -0.0453. The molecule has 0 aliphatic rings. The summed E-state index contributed by atoms with van der Waals surface area (Å²) in [5, 5.41) is 0. The summed E-state index contributed by atoms with van der Waals surface area (Å²) in [6.07, 6.45) is -2.35. The lowest BCUT2D eigenvalue weighted by Gasteiger charge is -2.14. The Balaban J connectivity index is 2.77. The van der Waals surface area contributed by atoms with Crippen LogP contribution in [0.25, 0.3) is 0 Å². The average molecular weight is 270 g/mol. The molecule has 0 atom stereocenters. The van der Waals surface area contributed by atoms with Gasteiger partial charge in [-0.3, -0.25) is 4.79 Å². The fourth-order valence-electron chi connectivity index (χ4n) is 2.10. The fraction of sp³-hybridized carbons (Fsp3) is 0.533. The molecule has 0 aromatic heterocycles. The van der Waals surface area contributed by atoms with Crippen LogP contribution in [0.5, 0.6) is 0 Å². The topological polar surface area (TPSA) is 26.3 Å². The van der Waals surface area contributed by atoms with Gasteiger partial charge in [-0.25, -0.2) is 8.78 Å². The first-order chi connectivity index (χ1) is 8.84. The molecular formula is C15H20F2O2. The molecule has 0 amide bonds. The first-order valence-corrected chi connectivity index (χ1v) is 6.31. The summed E-state index contributed by atoms with van der Waals surface area (Å²) in [5.41, 5.74) is 4.77. The van der Waals surface area contributed by atoms with Crippen molar-refractivity contribution in [3.05, 3.63) is 33.9 Å². The van der Waals surface area contributed by atoms with Gasteiger partial charge >= 0.3 is 0 Å². The Hall–Kier alpha value is -1.29. The van der Waals surface area contributed by atoms with Gasteiger partial charge in [0.25, 0.3) is 6.43 Å². The smallest absolute Gasteiger partial charge is 0.261 e. The molecule has 1 aromatic carbocycles. The number of ketones is 1. The zero-order valence-corrected chi connectivity index (χ0v) is 11.8. The summed E-state index contributed by atoms with van der Waals surface area (Å²) < 4.78 is 28.6. The second-order valence-corrected chi connectivity index (χ2v) is 4.77. The molecule has 0 saturated heterocycles. The van der Waals surface area contributed by atoms with Gasteiger partial charge in [-0.1, -0.05) is 6.07 Å². The third-order valence-corrected chi connectivity index (χ3v) is 3.36. The van der Waals surface area contributed by atoms with Crippen molar-refractivity contribution >= 4 is 5.78 Å². The van der Waals surface area contributed by atoms with Gasteiger partial charge in [0.05, 0.1) is 6.61 Å². The van der Waals surface area contributed by atoms with Gasteiger partial charge in [-0.2, -0.15) is 0 Å². The summed E-state index contributed by atoms with van der Waals surface area (Å²) in [7, 11) is 0. The quantitative estimate of drug-likeness (QED) is 0.581. The average Bonchev–Trinajstić information content (AvgIpc) is 2.32. The molecule has 0 fully saturated rings. The van der Waals surface area contributed by atoms with Crippen molar-refractivity contribution in [1.82, 2.24) is 0 Å². The van der Waals surface area contributed by atoms with Gasteiger partial charge in [0, 0.05) is 12.0 Å². The Morgan fingerprint density at radius 1 is 1.16 bits per heavy atom. The maximum absolute atomic E-state index is 12.2. The molecule has 19 heavy (non-hydrogen) atoms. The Labute approximate surface area is 112 Å². The highest BCUT2D eigenvalue weighted by molar-refractivity contribution is 5.99. The van der Waals surface area contributed by atoms with Crippen molar-refractivity contribution in [2.24, 2.45) is 0 Å². The molecule has 0 aliphatic heterocycles. The molecule has 0 N–H and O–H groups in total. The molecule has 1 aromatic rings. The van der Waals surface area contributed by atoms with E-state index >= 15 is 0 Å². The van der Waals surface area contributed by atoms with E-state index in [0.717, 1.165) is 22.3 Å². The van der Waals surface area contributed by atoms with E-state index < -0.39 is 13.0 Å². The third-order valence-electron chi connectivity index (χ3n) is 3.36. The minimum atomic E-state index is -2.49. The van der Waals surface area contributed by atoms with E-state index in [1.54, 1.807) is 0 Å². The highest BCUT2D eigenvalue weighted by atomic mass is 19.3. The van der Waals surface area contributed by atoms with Crippen LogP contribution in [0.15, 0.2) is 6.07 Å². The van der Waals surface area contributed by atoms with E-state index in [-0.39, 0.29) is 18.8 Å². The summed E-state index contributed by atoms with van der Waals surface area (Å²) >= 11 is 0. The first-order valence-electron chi connectivity index (χ1n) is 6.31. The van der Waals surface area contributed by atoms with Crippen LogP contribution in [0.1, 0.15) is 39.0 Å². The monoisotopic (exact) mass is 270 g/mol. The number of carbonyl (C=O) groups is 1. The number of halogens is 2. The number of ether oxygens (including phenoxy) is 1. The first kappa shape index (κ1) is 15.8. The Morgan fingerprint density at radius 2 is 1.68 bits per heavy atom. The molecule has 0 saturated carbocycles. The van der Waals surface area contributed by atoms with E-state index in [2.05, 4.69) is 6.07 Å². The summed E-state index contributed by atoms with van der Waals surface area (Å²) in [6.45, 7) is 7.18. The van der Waals surface area contributed by atoms with Crippen molar-refractivity contribution in [1.29, 1.82) is 0 Å². The molecule has 0 radical (unpaired) electrons. The molecule has 0 aliphatic carbocycles. The van der Waals surface area contributed by atoms with Crippen LogP contribution in [-0.4, -0.2) is 25.4 Å². The van der Waals surface area contributed by atoms with E-state index in [4.69, 9.17) is 4.74 Å². The maximum Gasteiger partial charge on any atom is 0.261 e. The lowest BCUT2D eigenvalue weighted by atomic mass is 9.91. The van der Waals surface area contributed by atoms with Crippen LogP contribution in [0.3, 0.4) is 0 Å². The minimum Gasteiger partial charge on any atom is -0.375 e. The summed E-state index contributed by atoms with van der Waals surface area (Å²) in [4.78, 5) is 12.2. The second kappa shape index (κ2) is 6.75. The molecule has 1 rings (SSSR count). The zero-order valence-electron chi connectivity index (χ0n) is 11.8. The van der Waals surface area contributed by atoms with Crippen LogP contribution in [0, 0.1) is 27.7 Å². The summed E-state index contributed by atoms with van der Waals surface area (Å²) in [6, 6.07) is 2.05. The zero-order chi connectivity index (χ0) is 14.6. The number of carbonyl (C=O) groups excluding carboxylic acids is 1. The lowest BCUT2D eigenvalue weighted by molar-refractivity contribution is 0.0169. The minimum absolute atomic E-state index is 0.0367. The second-order valence-electron chi connectivity index (χ2n) is 4.77. The van der Waals surface area contributed by atoms with E-state index in [9.17, 15) is 13.6 Å². The fourth-order valence-corrected chi connectivity index (χ4v) is 2.10. The standard InChI is InChI=1S/C15H20F2O2/c1-9-7-10(2)12(4)15(11(9)3)13(18)5-6-19-8-14(16)17/h7,14H,5-6,8H2,1-4H3. The number of alkyl halides is 2. The number of hydrogen-bond acceptors (Lipinski definition) is 2. The third kappa shape index (κ3) is 4.10. The molecular weight excluding hydrogens is 250 g/mol. The molecule has 2 nitrogen and oxygen atoms in total. The van der Waals surface area contributed by atoms with E-state index in [0.29, 0.717) is 5.56 Å². The number of Topliss-reactive ketones (excluding diaryl/α,β-unsaturated/α-hetero) is 1. The van der Waals surface area contributed by atoms with Crippen molar-refractivity contribution in [2.45, 2.75) is 40.5 Å². The largest absolute Gasteiger partial charge is 0.375 e. The van der Waals surface area contributed by atoms with Crippen LogP contribution < -0.4 is 0 Å². The van der Waals surface area contributed by atoms with E-state index in [1.165, 1.54) is 0 Å². The van der Waals surface area contributed by atoms with Crippen LogP contribution in [0.2, 0.25) is 0 Å². The van der Waals surface area contributed by atoms with Crippen molar-refractivity contribution in [3.8, 4) is 0 Å². The van der Waals surface area contributed by atoms with Gasteiger partial charge in [0.1, 0.15) is 6.61 Å². The Morgan fingerprint density at radius 3 is 2.16 bits per heavy atom. The highest BCUT2D eigenvalue weighted by Crippen LogP contribution is 2.22. The number of benzene rings is 1. The van der Waals surface area contributed by atoms with Crippen LogP contribution in [0.4, 0.5) is 8.78 Å². The number of hydrogen-bond donors (Lipinski definition) is 0. The maximum atomic E-state index is 12.2. The van der Waals surface area contributed by atoms with Gasteiger partial charge in [0.15, 0.2) is 5.78 Å². The van der Waals surface area contributed by atoms with Gasteiger partial charge < -0.3 is 4.74 Å². The van der Waals surface area contributed by atoms with Gasteiger partial charge in [0.2, 0.25) is 0 Å². The molecule has 0 unspecified atom stereocenters. The highest BCUT2D eigenvalue weighted by Gasteiger charge is 2.15. The SMILES string of the molecule is Cc1cc(C)c(C)c(C(=O)CCOCC(F)F)c1C. The Bertz CT molecular complexity index is 441. The lowest BCUT2D eigenvalue weighted by Crippen LogP contribution is -2.12. The van der Waals surface area contributed by atoms with Crippen molar-refractivity contribution in [3.63, 3.8) is 0 Å². The van der Waals surface area contributed by atoms with Crippen LogP contribution in [-0.2, 0) is 4.74 Å². The Kier molecular flexibility index (Phi) is 5.60. The van der Waals surface area contributed by atoms with E-state index in [1.807, 2.05) is 27.7 Å². The van der Waals surface area contributed by atoms with Gasteiger partial charge in [-0.05, 0) is 49.9 Å². The van der Waals surface area contributed by atoms with Crippen molar-refractivity contribution in [2.75, 3.05) is 13.2 Å². The van der Waals surface area contributed by atoms with Crippen LogP contribution >= 0.6 is 0 Å². The normalized spacial score (nSPS) is 11.1.